The zero-order valence-corrected chi connectivity index (χ0v) is 6.41. The number of rotatable bonds is 2. The predicted octanol–water partition coefficient (Wildman–Crippen LogP) is -0.695. The summed E-state index contributed by atoms with van der Waals surface area (Å²) in [5.74, 6) is 0. The molecule has 1 rings (SSSR count). The summed E-state index contributed by atoms with van der Waals surface area (Å²) in [5, 5.41) is 0. The van der Waals surface area contributed by atoms with E-state index >= 15 is 0 Å². The molecule has 0 aliphatic carbocycles. The molecule has 0 atom stereocenters. The van der Waals surface area contributed by atoms with Crippen molar-refractivity contribution in [2.24, 2.45) is 0 Å². The largest absolute Gasteiger partial charge is 0.393 e. The first-order valence-corrected chi connectivity index (χ1v) is 3.35. The topological polar surface area (TPSA) is 80.9 Å². The van der Waals surface area contributed by atoms with Gasteiger partial charge in [0.15, 0.2) is 0 Å². The second-order valence-electron chi connectivity index (χ2n) is 2.25. The van der Waals surface area contributed by atoms with E-state index in [4.69, 9.17) is 5.73 Å². The highest BCUT2D eigenvalue weighted by Gasteiger charge is 2.01. The van der Waals surface area contributed by atoms with Crippen molar-refractivity contribution < 1.29 is 0 Å². The lowest BCUT2D eigenvalue weighted by molar-refractivity contribution is 0.718. The molecule has 0 aliphatic heterocycles. The number of nitrogens with one attached hydrogen (secondary N) is 1. The molecule has 1 aromatic rings. The average molecular weight is 167 g/mol. The van der Waals surface area contributed by atoms with Crippen molar-refractivity contribution in [3.63, 3.8) is 0 Å². The maximum atomic E-state index is 11.1. The first-order chi connectivity index (χ1) is 5.66. The van der Waals surface area contributed by atoms with Crippen molar-refractivity contribution in [1.29, 1.82) is 0 Å². The minimum absolute atomic E-state index is 0.0245. The van der Waals surface area contributed by atoms with Gasteiger partial charge in [-0.05, 0) is 0 Å². The second-order valence-corrected chi connectivity index (χ2v) is 2.25. The van der Waals surface area contributed by atoms with Crippen LogP contribution in [0.3, 0.4) is 0 Å². The molecule has 0 radical (unpaired) electrons. The first kappa shape index (κ1) is 8.32. The van der Waals surface area contributed by atoms with Crippen LogP contribution < -0.4 is 17.0 Å². The quantitative estimate of drug-likeness (QED) is 0.572. The molecule has 0 fully saturated rings. The lowest BCUT2D eigenvalue weighted by atomic mass is 10.5. The standard InChI is InChI=1S/C7H9N3O2/c1-2-3-10-6(11)5(8)4-9-7(10)12/h2,4H,1,3,8H2,(H,9,12). The van der Waals surface area contributed by atoms with Crippen molar-refractivity contribution in [3.05, 3.63) is 39.7 Å². The van der Waals surface area contributed by atoms with Gasteiger partial charge in [-0.25, -0.2) is 4.79 Å². The monoisotopic (exact) mass is 167 g/mol. The first-order valence-electron chi connectivity index (χ1n) is 3.35. The Morgan fingerprint density at radius 3 is 2.92 bits per heavy atom. The Labute approximate surface area is 68.1 Å². The average Bonchev–Trinajstić information content (AvgIpc) is 2.06. The summed E-state index contributed by atoms with van der Waals surface area (Å²) in [7, 11) is 0. The summed E-state index contributed by atoms with van der Waals surface area (Å²) in [6, 6.07) is 0. The molecule has 0 unspecified atom stereocenters. The number of nitrogen functional groups attached to an aromatic ring is 1. The van der Waals surface area contributed by atoms with Gasteiger partial charge in [0.05, 0.1) is 0 Å². The highest BCUT2D eigenvalue weighted by atomic mass is 16.2. The minimum atomic E-state index is -0.487. The Hall–Kier alpha value is -1.78. The van der Waals surface area contributed by atoms with Crippen LogP contribution in [0.4, 0.5) is 5.69 Å². The van der Waals surface area contributed by atoms with Crippen molar-refractivity contribution in [2.75, 3.05) is 5.73 Å². The molecule has 1 heterocycles. The van der Waals surface area contributed by atoms with Crippen molar-refractivity contribution in [3.8, 4) is 0 Å². The number of nitrogens with zero attached hydrogens (tertiary/aromatic N) is 1. The Kier molecular flexibility index (Phi) is 2.14. The van der Waals surface area contributed by atoms with Crippen molar-refractivity contribution >= 4 is 5.69 Å². The third-order valence-electron chi connectivity index (χ3n) is 1.40. The molecule has 12 heavy (non-hydrogen) atoms. The number of anilines is 1. The molecule has 1 aromatic heterocycles. The van der Waals surface area contributed by atoms with Crippen LogP contribution in [0, 0.1) is 0 Å². The lowest BCUT2D eigenvalue weighted by Gasteiger charge is -1.99. The zero-order valence-electron chi connectivity index (χ0n) is 6.41. The van der Waals surface area contributed by atoms with E-state index < -0.39 is 11.2 Å². The van der Waals surface area contributed by atoms with Crippen LogP contribution >= 0.6 is 0 Å². The summed E-state index contributed by atoms with van der Waals surface area (Å²) >= 11 is 0. The van der Waals surface area contributed by atoms with Crippen LogP contribution in [0.5, 0.6) is 0 Å². The van der Waals surface area contributed by atoms with E-state index in [2.05, 4.69) is 11.6 Å². The molecule has 0 bridgehead atoms. The Bertz CT molecular complexity index is 402. The Morgan fingerprint density at radius 2 is 2.33 bits per heavy atom. The SMILES string of the molecule is C=CCn1c(=O)[nH]cc(N)c1=O. The highest BCUT2D eigenvalue weighted by molar-refractivity contribution is 5.30. The zero-order chi connectivity index (χ0) is 9.14. The molecule has 64 valence electrons. The van der Waals surface area contributed by atoms with Gasteiger partial charge in [0, 0.05) is 12.7 Å². The van der Waals surface area contributed by atoms with Crippen LogP contribution in [0.2, 0.25) is 0 Å². The molecule has 0 saturated heterocycles. The van der Waals surface area contributed by atoms with E-state index in [9.17, 15) is 9.59 Å². The summed E-state index contributed by atoms with van der Waals surface area (Å²) in [5.41, 5.74) is 4.34. The molecule has 0 spiro atoms. The van der Waals surface area contributed by atoms with E-state index in [1.807, 2.05) is 0 Å². The second kappa shape index (κ2) is 3.08. The molecule has 5 nitrogen and oxygen atoms in total. The van der Waals surface area contributed by atoms with Gasteiger partial charge in [-0.15, -0.1) is 6.58 Å². The molecule has 0 amide bonds. The Morgan fingerprint density at radius 1 is 1.67 bits per heavy atom. The molecule has 0 saturated carbocycles. The molecule has 5 heteroatoms. The maximum absolute atomic E-state index is 11.1. The fourth-order valence-electron chi connectivity index (χ4n) is 0.822. The van der Waals surface area contributed by atoms with E-state index in [1.165, 1.54) is 12.3 Å². The number of aromatic nitrogens is 2. The number of aromatic amines is 1. The van der Waals surface area contributed by atoms with E-state index in [-0.39, 0.29) is 12.2 Å². The molecular formula is C7H9N3O2. The van der Waals surface area contributed by atoms with Crippen molar-refractivity contribution in [2.45, 2.75) is 6.54 Å². The Balaban J connectivity index is 3.43. The van der Waals surface area contributed by atoms with Gasteiger partial charge in [-0.3, -0.25) is 9.36 Å². The minimum Gasteiger partial charge on any atom is -0.393 e. The fraction of sp³-hybridized carbons (Fsp3) is 0.143. The maximum Gasteiger partial charge on any atom is 0.328 e. The smallest absolute Gasteiger partial charge is 0.328 e. The van der Waals surface area contributed by atoms with E-state index in [0.717, 1.165) is 4.57 Å². The molecule has 3 N–H and O–H groups in total. The van der Waals surface area contributed by atoms with Crippen LogP contribution in [-0.2, 0) is 6.54 Å². The third-order valence-corrected chi connectivity index (χ3v) is 1.40. The predicted molar refractivity (Wildman–Crippen MR) is 45.9 cm³/mol. The molecule has 0 aromatic carbocycles. The number of hydrogen-bond donors (Lipinski definition) is 2. The third kappa shape index (κ3) is 1.29. The number of H-pyrrole nitrogens is 1. The van der Waals surface area contributed by atoms with Crippen molar-refractivity contribution in [1.82, 2.24) is 9.55 Å². The number of hydrogen-bond acceptors (Lipinski definition) is 3. The van der Waals surface area contributed by atoms with Crippen LogP contribution in [0.25, 0.3) is 0 Å². The molecule has 0 aliphatic rings. The van der Waals surface area contributed by atoms with Crippen LogP contribution in [-0.4, -0.2) is 9.55 Å². The van der Waals surface area contributed by atoms with E-state index in [1.54, 1.807) is 0 Å². The van der Waals surface area contributed by atoms with Gasteiger partial charge in [-0.1, -0.05) is 6.08 Å². The van der Waals surface area contributed by atoms with Crippen LogP contribution in [0.1, 0.15) is 0 Å². The number of allylic oxidation sites excluding steroid dienone is 1. The normalized spacial score (nSPS) is 9.67. The number of nitrogens with two attached hydrogens (primary N) is 1. The van der Waals surface area contributed by atoms with Gasteiger partial charge in [-0.2, -0.15) is 0 Å². The molecular weight excluding hydrogens is 158 g/mol. The van der Waals surface area contributed by atoms with Gasteiger partial charge < -0.3 is 10.7 Å². The van der Waals surface area contributed by atoms with E-state index in [0.29, 0.717) is 0 Å². The highest BCUT2D eigenvalue weighted by Crippen LogP contribution is 1.83. The van der Waals surface area contributed by atoms with Gasteiger partial charge in [0.1, 0.15) is 5.69 Å². The van der Waals surface area contributed by atoms with Crippen LogP contribution in [0.15, 0.2) is 28.4 Å². The summed E-state index contributed by atoms with van der Waals surface area (Å²) in [4.78, 5) is 24.5. The van der Waals surface area contributed by atoms with Gasteiger partial charge >= 0.3 is 5.69 Å². The van der Waals surface area contributed by atoms with Gasteiger partial charge in [0.2, 0.25) is 0 Å². The van der Waals surface area contributed by atoms with Gasteiger partial charge in [0.25, 0.3) is 5.56 Å². The fourth-order valence-corrected chi connectivity index (χ4v) is 0.822. The summed E-state index contributed by atoms with van der Waals surface area (Å²) < 4.78 is 0.975. The summed E-state index contributed by atoms with van der Waals surface area (Å²) in [6.07, 6.45) is 2.64. The summed E-state index contributed by atoms with van der Waals surface area (Å²) in [6.45, 7) is 3.58. The lowest BCUT2D eigenvalue weighted by Crippen LogP contribution is -2.35.